The molecule has 2 fully saturated rings. The normalized spacial score (nSPS) is 20.8. The Morgan fingerprint density at radius 3 is 2.32 bits per heavy atom. The Kier molecular flexibility index (Phi) is 7.29. The summed E-state index contributed by atoms with van der Waals surface area (Å²) < 4.78 is 19.3. The van der Waals surface area contributed by atoms with E-state index in [0.29, 0.717) is 30.0 Å². The van der Waals surface area contributed by atoms with E-state index in [2.05, 4.69) is 10.2 Å². The number of nitrogens with zero attached hydrogens (tertiary/aromatic N) is 2. The van der Waals surface area contributed by atoms with Gasteiger partial charge in [0.05, 0.1) is 17.7 Å². The van der Waals surface area contributed by atoms with Gasteiger partial charge in [-0.05, 0) is 55.8 Å². The van der Waals surface area contributed by atoms with Gasteiger partial charge >= 0.3 is 0 Å². The van der Waals surface area contributed by atoms with Gasteiger partial charge in [-0.1, -0.05) is 12.1 Å². The minimum absolute atomic E-state index is 0.000988. The van der Waals surface area contributed by atoms with Crippen LogP contribution >= 0.6 is 0 Å². The van der Waals surface area contributed by atoms with Crippen LogP contribution in [0.25, 0.3) is 5.76 Å². The SMILES string of the molecule is CC(C)Oc1ccc(/C(O)=C2\C(=O)C(=O)N(CCN3CCNCC3)C2c2ccc(F)cc2)cc1. The Hall–Kier alpha value is -3.23. The van der Waals surface area contributed by atoms with E-state index in [1.807, 2.05) is 13.8 Å². The van der Waals surface area contributed by atoms with E-state index in [1.54, 1.807) is 36.4 Å². The van der Waals surface area contributed by atoms with Gasteiger partial charge in [-0.25, -0.2) is 4.39 Å². The largest absolute Gasteiger partial charge is 0.507 e. The Morgan fingerprint density at radius 2 is 1.71 bits per heavy atom. The summed E-state index contributed by atoms with van der Waals surface area (Å²) in [5.74, 6) is -1.44. The van der Waals surface area contributed by atoms with Gasteiger partial charge in [-0.2, -0.15) is 0 Å². The second kappa shape index (κ2) is 10.4. The number of ether oxygens (including phenoxy) is 1. The van der Waals surface area contributed by atoms with Crippen LogP contribution in [0.1, 0.15) is 31.0 Å². The molecule has 0 bridgehead atoms. The van der Waals surface area contributed by atoms with Gasteiger partial charge in [0.15, 0.2) is 0 Å². The Bertz CT molecular complexity index is 1060. The lowest BCUT2D eigenvalue weighted by molar-refractivity contribution is -0.140. The summed E-state index contributed by atoms with van der Waals surface area (Å²) in [6, 6.07) is 11.6. The molecule has 7 nitrogen and oxygen atoms in total. The number of nitrogens with one attached hydrogen (secondary N) is 1. The molecule has 2 aromatic rings. The topological polar surface area (TPSA) is 82.1 Å². The predicted octanol–water partition coefficient (Wildman–Crippen LogP) is 2.94. The minimum Gasteiger partial charge on any atom is -0.507 e. The third-order valence-electron chi connectivity index (χ3n) is 6.09. The molecule has 34 heavy (non-hydrogen) atoms. The van der Waals surface area contributed by atoms with Gasteiger partial charge in [-0.3, -0.25) is 14.5 Å². The number of hydrogen-bond donors (Lipinski definition) is 2. The zero-order valence-corrected chi connectivity index (χ0v) is 19.5. The van der Waals surface area contributed by atoms with Crippen LogP contribution in [0.3, 0.4) is 0 Å². The summed E-state index contributed by atoms with van der Waals surface area (Å²) in [4.78, 5) is 29.9. The molecule has 0 spiro atoms. The molecular weight excluding hydrogens is 437 g/mol. The third kappa shape index (κ3) is 5.13. The molecule has 0 aromatic heterocycles. The molecule has 0 saturated carbocycles. The number of ketones is 1. The van der Waals surface area contributed by atoms with Crippen LogP contribution in [-0.2, 0) is 9.59 Å². The first-order valence-electron chi connectivity index (χ1n) is 11.6. The molecular formula is C26H30FN3O4. The fourth-order valence-electron chi connectivity index (χ4n) is 4.41. The molecule has 1 atom stereocenters. The maximum Gasteiger partial charge on any atom is 0.295 e. The summed E-state index contributed by atoms with van der Waals surface area (Å²) >= 11 is 0. The number of halogens is 1. The number of amides is 1. The van der Waals surface area contributed by atoms with E-state index in [0.717, 1.165) is 26.2 Å². The Labute approximate surface area is 198 Å². The van der Waals surface area contributed by atoms with Crippen molar-refractivity contribution >= 4 is 17.4 Å². The summed E-state index contributed by atoms with van der Waals surface area (Å²) in [5, 5.41) is 14.4. The van der Waals surface area contributed by atoms with E-state index >= 15 is 0 Å². The number of aliphatic hydroxyl groups excluding tert-OH is 1. The molecule has 2 saturated heterocycles. The van der Waals surface area contributed by atoms with Gasteiger partial charge in [0, 0.05) is 44.8 Å². The monoisotopic (exact) mass is 467 g/mol. The molecule has 1 amide bonds. The van der Waals surface area contributed by atoms with Gasteiger partial charge in [0.1, 0.15) is 17.3 Å². The van der Waals surface area contributed by atoms with Crippen molar-refractivity contribution in [2.45, 2.75) is 26.0 Å². The van der Waals surface area contributed by atoms with E-state index in [-0.39, 0.29) is 17.4 Å². The molecule has 8 heteroatoms. The van der Waals surface area contributed by atoms with E-state index < -0.39 is 23.5 Å². The van der Waals surface area contributed by atoms with Crippen molar-refractivity contribution in [3.8, 4) is 5.75 Å². The van der Waals surface area contributed by atoms with Crippen LogP contribution in [0, 0.1) is 5.82 Å². The highest BCUT2D eigenvalue weighted by Gasteiger charge is 2.46. The number of benzene rings is 2. The second-order valence-electron chi connectivity index (χ2n) is 8.83. The zero-order chi connectivity index (χ0) is 24.2. The Balaban J connectivity index is 1.69. The third-order valence-corrected chi connectivity index (χ3v) is 6.09. The molecule has 2 N–H and O–H groups in total. The predicted molar refractivity (Wildman–Crippen MR) is 127 cm³/mol. The standard InChI is InChI=1S/C26H30FN3O4/c1-17(2)34-21-9-5-19(6-10-21)24(31)22-23(18-3-7-20(27)8-4-18)30(26(33)25(22)32)16-15-29-13-11-28-12-14-29/h3-10,17,23,28,31H,11-16H2,1-2H3/b24-22+. The molecule has 2 aliphatic heterocycles. The van der Waals surface area contributed by atoms with E-state index in [9.17, 15) is 19.1 Å². The number of rotatable bonds is 7. The van der Waals surface area contributed by atoms with Crippen molar-refractivity contribution < 1.29 is 23.8 Å². The molecule has 0 radical (unpaired) electrons. The van der Waals surface area contributed by atoms with Gasteiger partial charge in [-0.15, -0.1) is 0 Å². The number of carbonyl (C=O) groups is 2. The molecule has 1 unspecified atom stereocenters. The maximum absolute atomic E-state index is 13.6. The summed E-state index contributed by atoms with van der Waals surface area (Å²) in [7, 11) is 0. The van der Waals surface area contributed by atoms with Crippen LogP contribution in [0.2, 0.25) is 0 Å². The highest BCUT2D eigenvalue weighted by atomic mass is 19.1. The van der Waals surface area contributed by atoms with Crippen LogP contribution in [0.5, 0.6) is 5.75 Å². The van der Waals surface area contributed by atoms with Gasteiger partial charge < -0.3 is 20.1 Å². The minimum atomic E-state index is -0.796. The van der Waals surface area contributed by atoms with Crippen LogP contribution in [-0.4, -0.2) is 72.0 Å². The molecule has 2 heterocycles. The van der Waals surface area contributed by atoms with Crippen molar-refractivity contribution in [2.75, 3.05) is 39.3 Å². The van der Waals surface area contributed by atoms with Crippen molar-refractivity contribution in [1.29, 1.82) is 0 Å². The first kappa shape index (κ1) is 23.9. The lowest BCUT2D eigenvalue weighted by Gasteiger charge is -2.31. The molecule has 4 rings (SSSR count). The van der Waals surface area contributed by atoms with Crippen LogP contribution in [0.4, 0.5) is 4.39 Å². The van der Waals surface area contributed by atoms with Crippen molar-refractivity contribution in [1.82, 2.24) is 15.1 Å². The summed E-state index contributed by atoms with van der Waals surface area (Å²) in [6.07, 6.45) is -0.000988. The second-order valence-corrected chi connectivity index (χ2v) is 8.83. The number of piperazine rings is 1. The molecule has 180 valence electrons. The van der Waals surface area contributed by atoms with Gasteiger partial charge in [0.2, 0.25) is 0 Å². The summed E-state index contributed by atoms with van der Waals surface area (Å²) in [6.45, 7) is 8.22. The van der Waals surface area contributed by atoms with E-state index in [4.69, 9.17) is 4.74 Å². The smallest absolute Gasteiger partial charge is 0.295 e. The van der Waals surface area contributed by atoms with Crippen molar-refractivity contribution in [3.63, 3.8) is 0 Å². The number of carbonyl (C=O) groups excluding carboxylic acids is 2. The molecule has 2 aliphatic rings. The lowest BCUT2D eigenvalue weighted by atomic mass is 9.95. The fourth-order valence-corrected chi connectivity index (χ4v) is 4.41. The van der Waals surface area contributed by atoms with Crippen LogP contribution in [0.15, 0.2) is 54.1 Å². The number of likely N-dealkylation sites (tertiary alicyclic amines) is 1. The van der Waals surface area contributed by atoms with E-state index in [1.165, 1.54) is 17.0 Å². The van der Waals surface area contributed by atoms with Crippen molar-refractivity contribution in [2.24, 2.45) is 0 Å². The average molecular weight is 468 g/mol. The molecule has 2 aromatic carbocycles. The number of Topliss-reactive ketones (excluding diaryl/α,β-unsaturated/α-hetero) is 1. The zero-order valence-electron chi connectivity index (χ0n) is 19.5. The summed E-state index contributed by atoms with van der Waals surface area (Å²) in [5.41, 5.74) is 0.986. The highest BCUT2D eigenvalue weighted by molar-refractivity contribution is 6.46. The first-order valence-corrected chi connectivity index (χ1v) is 11.6. The number of hydrogen-bond acceptors (Lipinski definition) is 6. The Morgan fingerprint density at radius 1 is 1.06 bits per heavy atom. The fraction of sp³-hybridized carbons (Fsp3) is 0.385. The average Bonchev–Trinajstić information content (AvgIpc) is 3.08. The number of aliphatic hydroxyl groups is 1. The lowest BCUT2D eigenvalue weighted by Crippen LogP contribution is -2.46. The maximum atomic E-state index is 13.6. The van der Waals surface area contributed by atoms with Gasteiger partial charge in [0.25, 0.3) is 11.7 Å². The quantitative estimate of drug-likeness (QED) is 0.370. The highest BCUT2D eigenvalue weighted by Crippen LogP contribution is 2.39. The first-order chi connectivity index (χ1) is 16.3. The molecule has 0 aliphatic carbocycles. The van der Waals surface area contributed by atoms with Crippen LogP contribution < -0.4 is 10.1 Å². The van der Waals surface area contributed by atoms with Crippen molar-refractivity contribution in [3.05, 3.63) is 71.0 Å².